The average molecular weight is 465 g/mol. The van der Waals surface area contributed by atoms with Gasteiger partial charge in [0.05, 0.1) is 24.8 Å². The number of nitrogens with one attached hydrogen (secondary N) is 1. The van der Waals surface area contributed by atoms with E-state index in [1.807, 2.05) is 37.4 Å². The van der Waals surface area contributed by atoms with Gasteiger partial charge in [-0.15, -0.1) is 0 Å². The maximum Gasteiger partial charge on any atom is 0.416 e. The van der Waals surface area contributed by atoms with Crippen LogP contribution in [0.25, 0.3) is 10.9 Å². The lowest BCUT2D eigenvalue weighted by molar-refractivity contribution is -0.143. The van der Waals surface area contributed by atoms with Crippen LogP contribution < -0.4 is 5.32 Å². The number of ether oxygens (including phenoxy) is 2. The molecule has 0 amide bonds. The molecule has 0 saturated carbocycles. The molecule has 1 heterocycles. The van der Waals surface area contributed by atoms with Crippen LogP contribution in [0.1, 0.15) is 23.6 Å². The Morgan fingerprint density at radius 1 is 1.19 bits per heavy atom. The molecule has 0 aliphatic rings. The number of rotatable bonds is 7. The van der Waals surface area contributed by atoms with Crippen LogP contribution in [0.2, 0.25) is 0 Å². The number of esters is 1. The van der Waals surface area contributed by atoms with Gasteiger partial charge in [-0.25, -0.2) is 0 Å². The topological polar surface area (TPSA) is 52.5 Å². The minimum Gasteiger partial charge on any atom is -0.471 e. The molecule has 0 bridgehead atoms. The molecule has 0 unspecified atom stereocenters. The fourth-order valence-electron chi connectivity index (χ4n) is 3.46. The highest BCUT2D eigenvalue weighted by Crippen LogP contribution is 2.29. The van der Waals surface area contributed by atoms with Crippen molar-refractivity contribution in [3.63, 3.8) is 0 Å². The van der Waals surface area contributed by atoms with E-state index in [4.69, 9.17) is 21.7 Å². The molecule has 1 atom stereocenters. The summed E-state index contributed by atoms with van der Waals surface area (Å²) in [5.41, 5.74) is 1.34. The standard InChI is InChI=1S/C23H23F3N2O3S/c1-3-31-22(32)28-14-16(18-9-4-5-10-20(18)28)12-19(21(29)30-2)27-13-15-7-6-8-17(11-15)23(24,25)26/h4-11,14,19,27H,3,12-13H2,1-2H3/t19-/m0/s1. The molecular formula is C23H23F3N2O3S. The molecule has 3 aromatic rings. The maximum absolute atomic E-state index is 13.0. The van der Waals surface area contributed by atoms with Gasteiger partial charge in [-0.1, -0.05) is 36.4 Å². The Kier molecular flexibility index (Phi) is 7.52. The first-order valence-corrected chi connectivity index (χ1v) is 10.4. The third-order valence-corrected chi connectivity index (χ3v) is 5.29. The van der Waals surface area contributed by atoms with Gasteiger partial charge >= 0.3 is 12.1 Å². The molecule has 0 saturated heterocycles. The van der Waals surface area contributed by atoms with Crippen molar-refractivity contribution in [2.75, 3.05) is 13.7 Å². The van der Waals surface area contributed by atoms with E-state index < -0.39 is 23.8 Å². The minimum absolute atomic E-state index is 0.0691. The van der Waals surface area contributed by atoms with E-state index in [2.05, 4.69) is 5.32 Å². The Morgan fingerprint density at radius 3 is 2.62 bits per heavy atom. The van der Waals surface area contributed by atoms with Crippen LogP contribution >= 0.6 is 12.2 Å². The Balaban J connectivity index is 1.85. The number of halogens is 3. The van der Waals surface area contributed by atoms with Gasteiger partial charge in [0.25, 0.3) is 5.17 Å². The smallest absolute Gasteiger partial charge is 0.416 e. The number of benzene rings is 2. The first kappa shape index (κ1) is 23.7. The predicted molar refractivity (Wildman–Crippen MR) is 119 cm³/mol. The number of hydrogen-bond acceptors (Lipinski definition) is 5. The van der Waals surface area contributed by atoms with Crippen molar-refractivity contribution >= 4 is 34.3 Å². The normalized spacial score (nSPS) is 12.5. The van der Waals surface area contributed by atoms with Gasteiger partial charge in [0, 0.05) is 24.5 Å². The molecule has 0 fully saturated rings. The number of methoxy groups -OCH3 is 1. The molecule has 0 aliphatic heterocycles. The average Bonchev–Trinajstić information content (AvgIpc) is 3.14. The van der Waals surface area contributed by atoms with Crippen molar-refractivity contribution in [3.05, 3.63) is 71.4 Å². The van der Waals surface area contributed by atoms with E-state index in [-0.39, 0.29) is 13.0 Å². The minimum atomic E-state index is -4.43. The number of hydrogen-bond donors (Lipinski definition) is 1. The third kappa shape index (κ3) is 5.46. The maximum atomic E-state index is 13.0. The fraction of sp³-hybridized carbons (Fsp3) is 0.304. The highest BCUT2D eigenvalue weighted by Gasteiger charge is 2.30. The van der Waals surface area contributed by atoms with Crippen molar-refractivity contribution in [1.82, 2.24) is 9.88 Å². The summed E-state index contributed by atoms with van der Waals surface area (Å²) in [4.78, 5) is 12.4. The zero-order valence-electron chi connectivity index (χ0n) is 17.6. The van der Waals surface area contributed by atoms with Gasteiger partial charge in [-0.05, 0) is 42.4 Å². The highest BCUT2D eigenvalue weighted by atomic mass is 32.1. The van der Waals surface area contributed by atoms with Crippen molar-refractivity contribution in [2.24, 2.45) is 0 Å². The monoisotopic (exact) mass is 464 g/mol. The lowest BCUT2D eigenvalue weighted by Gasteiger charge is -2.17. The van der Waals surface area contributed by atoms with E-state index in [0.717, 1.165) is 28.6 Å². The highest BCUT2D eigenvalue weighted by molar-refractivity contribution is 7.80. The van der Waals surface area contributed by atoms with Gasteiger partial charge in [0.2, 0.25) is 0 Å². The Bertz CT molecular complexity index is 1110. The van der Waals surface area contributed by atoms with Gasteiger partial charge < -0.3 is 14.8 Å². The van der Waals surface area contributed by atoms with Crippen molar-refractivity contribution in [1.29, 1.82) is 0 Å². The Labute approximate surface area is 189 Å². The van der Waals surface area contributed by atoms with Crippen molar-refractivity contribution < 1.29 is 27.4 Å². The van der Waals surface area contributed by atoms with Gasteiger partial charge in [-0.3, -0.25) is 9.36 Å². The number of nitrogens with zero attached hydrogens (tertiary/aromatic N) is 1. The van der Waals surface area contributed by atoms with Crippen LogP contribution in [-0.4, -0.2) is 35.5 Å². The molecule has 1 aromatic heterocycles. The molecule has 170 valence electrons. The summed E-state index contributed by atoms with van der Waals surface area (Å²) in [6, 6.07) is 11.8. The van der Waals surface area contributed by atoms with Gasteiger partial charge in [0.1, 0.15) is 6.04 Å². The summed E-state index contributed by atoms with van der Waals surface area (Å²) in [5, 5.41) is 4.21. The molecule has 5 nitrogen and oxygen atoms in total. The third-order valence-electron chi connectivity index (χ3n) is 4.98. The van der Waals surface area contributed by atoms with Crippen LogP contribution in [-0.2, 0) is 33.4 Å². The summed E-state index contributed by atoms with van der Waals surface area (Å²) in [6.07, 6.45) is -2.36. The van der Waals surface area contributed by atoms with E-state index >= 15 is 0 Å². The molecule has 1 N–H and O–H groups in total. The summed E-state index contributed by atoms with van der Waals surface area (Å²) in [7, 11) is 1.27. The molecule has 0 radical (unpaired) electrons. The summed E-state index contributed by atoms with van der Waals surface area (Å²) in [5.74, 6) is -0.513. The second-order valence-electron chi connectivity index (χ2n) is 7.10. The molecule has 0 aliphatic carbocycles. The number of alkyl halides is 3. The molecule has 0 spiro atoms. The zero-order chi connectivity index (χ0) is 23.3. The lowest BCUT2D eigenvalue weighted by atomic mass is 10.0. The van der Waals surface area contributed by atoms with E-state index in [0.29, 0.717) is 17.3 Å². The largest absolute Gasteiger partial charge is 0.471 e. The van der Waals surface area contributed by atoms with Crippen LogP contribution in [0.5, 0.6) is 0 Å². The van der Waals surface area contributed by atoms with E-state index in [9.17, 15) is 18.0 Å². The summed E-state index contributed by atoms with van der Waals surface area (Å²) in [6.45, 7) is 2.33. The number of carbonyl (C=O) groups excluding carboxylic acids is 1. The second-order valence-corrected chi connectivity index (χ2v) is 7.45. The van der Waals surface area contributed by atoms with Crippen LogP contribution in [0.3, 0.4) is 0 Å². The second kappa shape index (κ2) is 10.1. The molecule has 32 heavy (non-hydrogen) atoms. The number of aromatic nitrogens is 1. The first-order chi connectivity index (χ1) is 15.2. The Hall–Kier alpha value is -2.91. The predicted octanol–water partition coefficient (Wildman–Crippen LogP) is 4.70. The van der Waals surface area contributed by atoms with Crippen LogP contribution in [0.15, 0.2) is 54.7 Å². The fourth-order valence-corrected chi connectivity index (χ4v) is 3.73. The van der Waals surface area contributed by atoms with Gasteiger partial charge in [0.15, 0.2) is 0 Å². The summed E-state index contributed by atoms with van der Waals surface area (Å²) >= 11 is 5.35. The number of thiocarbonyl (C=S) groups is 1. The number of carbonyl (C=O) groups is 1. The van der Waals surface area contributed by atoms with Crippen molar-refractivity contribution in [2.45, 2.75) is 32.1 Å². The van der Waals surface area contributed by atoms with Crippen LogP contribution in [0, 0.1) is 0 Å². The van der Waals surface area contributed by atoms with Gasteiger partial charge in [-0.2, -0.15) is 13.2 Å². The first-order valence-electron chi connectivity index (χ1n) is 9.98. The molecule has 2 aromatic carbocycles. The molecule has 3 rings (SSSR count). The summed E-state index contributed by atoms with van der Waals surface area (Å²) < 4.78 is 51.1. The zero-order valence-corrected chi connectivity index (χ0v) is 18.4. The number of fused-ring (bicyclic) bond motifs is 1. The quantitative estimate of drug-likeness (QED) is 0.406. The van der Waals surface area contributed by atoms with E-state index in [1.54, 1.807) is 10.6 Å². The van der Waals surface area contributed by atoms with Crippen molar-refractivity contribution in [3.8, 4) is 0 Å². The van der Waals surface area contributed by atoms with Crippen LogP contribution in [0.4, 0.5) is 13.2 Å². The molecule has 9 heteroatoms. The number of para-hydroxylation sites is 1. The Morgan fingerprint density at radius 2 is 1.94 bits per heavy atom. The van der Waals surface area contributed by atoms with E-state index in [1.165, 1.54) is 13.2 Å². The lowest BCUT2D eigenvalue weighted by Crippen LogP contribution is -2.39. The SMILES string of the molecule is CCOC(=S)n1cc(C[C@H](NCc2cccc(C(F)(F)F)c2)C(=O)OC)c2ccccc21. The molecular weight excluding hydrogens is 441 g/mol.